The van der Waals surface area contributed by atoms with Gasteiger partial charge in [-0.15, -0.1) is 0 Å². The molecule has 2 heterocycles. The number of fused-ring (bicyclic) bond motifs is 7. The molecule has 0 bridgehead atoms. The third kappa shape index (κ3) is 5.20. The summed E-state index contributed by atoms with van der Waals surface area (Å²) >= 11 is 0. The summed E-state index contributed by atoms with van der Waals surface area (Å²) in [6, 6.07) is 43.5. The van der Waals surface area contributed by atoms with Gasteiger partial charge in [0.1, 0.15) is 22.3 Å². The van der Waals surface area contributed by atoms with Crippen molar-refractivity contribution < 1.29 is 19.8 Å². The van der Waals surface area contributed by atoms with Gasteiger partial charge in [-0.3, -0.25) is 0 Å². The highest BCUT2D eigenvalue weighted by atomic mass is 16.3. The van der Waals surface area contributed by atoms with Crippen molar-refractivity contribution in [1.29, 1.82) is 0 Å². The van der Waals surface area contributed by atoms with E-state index in [1.54, 1.807) is 60.7 Å². The minimum atomic E-state index is -0.437. The molecule has 11 rings (SSSR count). The van der Waals surface area contributed by atoms with Gasteiger partial charge in [-0.25, -0.2) is 0 Å². The summed E-state index contributed by atoms with van der Waals surface area (Å²) < 4.78 is 89.4. The predicted molar refractivity (Wildman–Crippen MR) is 229 cm³/mol. The van der Waals surface area contributed by atoms with Crippen molar-refractivity contribution in [2.45, 2.75) is 0 Å². The summed E-state index contributed by atoms with van der Waals surface area (Å²) in [5.74, 6) is 0. The number of hydrogen-bond donors (Lipinski definition) is 0. The molecule has 2 aromatic heterocycles. The van der Waals surface area contributed by atoms with Crippen LogP contribution in [0.3, 0.4) is 0 Å². The van der Waals surface area contributed by atoms with E-state index in [-0.39, 0.29) is 46.7 Å². The van der Waals surface area contributed by atoms with E-state index < -0.39 is 24.2 Å². The Hall–Kier alpha value is -7.36. The number of anilines is 3. The van der Waals surface area contributed by atoms with Gasteiger partial charge in [-0.2, -0.15) is 0 Å². The second kappa shape index (κ2) is 12.6. The third-order valence-electron chi connectivity index (χ3n) is 10.2. The molecule has 0 atom stereocenters. The van der Waals surface area contributed by atoms with Crippen molar-refractivity contribution in [3.05, 3.63) is 200 Å². The van der Waals surface area contributed by atoms with Crippen molar-refractivity contribution in [3.63, 3.8) is 0 Å². The second-order valence-corrected chi connectivity index (χ2v) is 13.4. The monoisotopic (exact) mass is 711 g/mol. The van der Waals surface area contributed by atoms with Crippen LogP contribution in [-0.2, 0) is 0 Å². The zero-order valence-corrected chi connectivity index (χ0v) is 29.2. The first-order valence-corrected chi connectivity index (χ1v) is 18.0. The van der Waals surface area contributed by atoms with E-state index in [9.17, 15) is 11.0 Å². The van der Waals surface area contributed by atoms with Crippen LogP contribution in [0, 0.1) is 0 Å². The Morgan fingerprint density at radius 2 is 0.909 bits per heavy atom. The normalized spacial score (nSPS) is 13.7. The zero-order chi connectivity index (χ0) is 43.3. The molecule has 0 radical (unpaired) electrons. The van der Waals surface area contributed by atoms with Gasteiger partial charge in [0.2, 0.25) is 0 Å². The van der Waals surface area contributed by atoms with Gasteiger partial charge < -0.3 is 13.7 Å². The summed E-state index contributed by atoms with van der Waals surface area (Å²) in [6.07, 6.45) is 0. The maximum absolute atomic E-state index is 9.79. The molecule has 258 valence electrons. The molecule has 9 aromatic carbocycles. The largest absolute Gasteiger partial charge is 0.456 e. The first-order valence-electron chi connectivity index (χ1n) is 22.0. The fourth-order valence-electron chi connectivity index (χ4n) is 7.69. The first kappa shape index (κ1) is 24.1. The fourth-order valence-corrected chi connectivity index (χ4v) is 7.69. The van der Waals surface area contributed by atoms with Gasteiger partial charge in [0.05, 0.1) is 16.7 Å². The van der Waals surface area contributed by atoms with Crippen molar-refractivity contribution in [2.75, 3.05) is 4.90 Å². The van der Waals surface area contributed by atoms with E-state index in [4.69, 9.17) is 8.83 Å². The molecule has 0 saturated carbocycles. The minimum absolute atomic E-state index is 0.0555. The zero-order valence-electron chi connectivity index (χ0n) is 37.2. The number of rotatable bonds is 6. The number of hydrogen-bond acceptors (Lipinski definition) is 3. The number of nitrogens with zero attached hydrogens (tertiary/aromatic N) is 1. The van der Waals surface area contributed by atoms with Gasteiger partial charge in [0, 0.05) is 38.5 Å². The Morgan fingerprint density at radius 1 is 0.364 bits per heavy atom. The highest BCUT2D eigenvalue weighted by Crippen LogP contribution is 2.46. The Labute approximate surface area is 329 Å². The molecule has 0 aliphatic heterocycles. The lowest BCUT2D eigenvalue weighted by Gasteiger charge is -2.28. The molecular weight excluding hydrogens is 671 g/mol. The fraction of sp³-hybridized carbons (Fsp3) is 0. The highest BCUT2D eigenvalue weighted by Gasteiger charge is 2.21. The van der Waals surface area contributed by atoms with Crippen molar-refractivity contribution in [3.8, 4) is 33.4 Å². The lowest BCUT2D eigenvalue weighted by Crippen LogP contribution is -2.11. The molecule has 3 heteroatoms. The minimum Gasteiger partial charge on any atom is -0.456 e. The molecule has 0 spiro atoms. The number of benzene rings is 9. The molecule has 11 aromatic rings. The van der Waals surface area contributed by atoms with E-state index in [1.807, 2.05) is 84.9 Å². The van der Waals surface area contributed by atoms with Gasteiger partial charge in [0.25, 0.3) is 0 Å². The van der Waals surface area contributed by atoms with Crippen LogP contribution in [0.25, 0.3) is 88.0 Å². The van der Waals surface area contributed by atoms with E-state index in [1.165, 1.54) is 4.90 Å². The van der Waals surface area contributed by atoms with Crippen LogP contribution in [0.5, 0.6) is 0 Å². The Morgan fingerprint density at radius 3 is 1.67 bits per heavy atom. The average Bonchev–Trinajstić information content (AvgIpc) is 3.88. The van der Waals surface area contributed by atoms with E-state index in [0.29, 0.717) is 55.7 Å². The summed E-state index contributed by atoms with van der Waals surface area (Å²) in [7, 11) is 0. The van der Waals surface area contributed by atoms with Gasteiger partial charge in [0.15, 0.2) is 0 Å². The topological polar surface area (TPSA) is 29.5 Å². The molecular formula is C52H33NO2. The molecule has 0 saturated heterocycles. The van der Waals surface area contributed by atoms with Gasteiger partial charge in [-0.05, 0) is 99.2 Å². The maximum atomic E-state index is 9.79. The van der Waals surface area contributed by atoms with Crippen LogP contribution in [0.2, 0.25) is 0 Å². The lowest BCUT2D eigenvalue weighted by atomic mass is 9.95. The standard InChI is InChI=1S/C52H33NO2/c1-2-12-34(13-3-1)35-24-28-39(29-25-35)53(40-30-26-36(27-31-40)41-18-10-22-48-51(41)44-17-7-9-21-47(44)54-48)46-20-8-6-16-42(46)43-19-11-23-49-52(43)45-32-37-14-4-5-15-38(37)33-50(45)55-49/h1-33H/i24D,25D,26D,27D,28D,29D,30D,31D. The molecule has 3 nitrogen and oxygen atoms in total. The van der Waals surface area contributed by atoms with E-state index >= 15 is 0 Å². The second-order valence-electron chi connectivity index (χ2n) is 13.4. The SMILES string of the molecule is [2H]c1c([2H])c(N(c2ccccc2-c2cccc3oc4cc5ccccc5cc4c23)c2c([2H])c([2H])c(-c3cccc4oc5ccccc5c34)c([2H])c2[2H])c([2H])c([2H])c1-c1ccccc1. The molecule has 0 aliphatic carbocycles. The highest BCUT2D eigenvalue weighted by molar-refractivity contribution is 6.17. The summed E-state index contributed by atoms with van der Waals surface area (Å²) in [6.45, 7) is 0. The van der Waals surface area contributed by atoms with Crippen molar-refractivity contribution in [1.82, 2.24) is 0 Å². The molecule has 0 unspecified atom stereocenters. The molecule has 0 fully saturated rings. The lowest BCUT2D eigenvalue weighted by molar-refractivity contribution is 0.669. The average molecular weight is 712 g/mol. The van der Waals surface area contributed by atoms with Crippen molar-refractivity contribution >= 4 is 71.7 Å². The third-order valence-corrected chi connectivity index (χ3v) is 10.2. The van der Waals surface area contributed by atoms with Crippen LogP contribution in [0.4, 0.5) is 17.1 Å². The summed E-state index contributed by atoms with van der Waals surface area (Å²) in [4.78, 5) is 1.37. The Balaban J connectivity index is 1.22. The van der Waals surface area contributed by atoms with Crippen LogP contribution in [-0.4, -0.2) is 0 Å². The number of furan rings is 2. The number of para-hydroxylation sites is 2. The summed E-state index contributed by atoms with van der Waals surface area (Å²) in [5.41, 5.74) is 4.66. The molecule has 0 amide bonds. The van der Waals surface area contributed by atoms with Crippen LogP contribution < -0.4 is 4.90 Å². The van der Waals surface area contributed by atoms with E-state index in [0.717, 1.165) is 26.9 Å². The van der Waals surface area contributed by atoms with Crippen LogP contribution in [0.1, 0.15) is 11.0 Å². The van der Waals surface area contributed by atoms with Crippen LogP contribution in [0.15, 0.2) is 209 Å². The molecule has 0 N–H and O–H groups in total. The van der Waals surface area contributed by atoms with Crippen LogP contribution >= 0.6 is 0 Å². The van der Waals surface area contributed by atoms with Crippen molar-refractivity contribution in [2.24, 2.45) is 0 Å². The van der Waals surface area contributed by atoms with E-state index in [2.05, 4.69) is 6.07 Å². The Kier molecular flexibility index (Phi) is 5.53. The summed E-state index contributed by atoms with van der Waals surface area (Å²) in [5, 5.41) is 5.08. The maximum Gasteiger partial charge on any atom is 0.136 e. The van der Waals surface area contributed by atoms with Gasteiger partial charge >= 0.3 is 0 Å². The molecule has 55 heavy (non-hydrogen) atoms. The quantitative estimate of drug-likeness (QED) is 0.172. The smallest absolute Gasteiger partial charge is 0.136 e. The Bertz CT molecular complexity index is 3630. The molecule has 0 aliphatic rings. The van der Waals surface area contributed by atoms with Gasteiger partial charge in [-0.1, -0.05) is 139 Å². The predicted octanol–water partition coefficient (Wildman–Crippen LogP) is 15.1. The first-order chi connectivity index (χ1) is 30.6.